The lowest BCUT2D eigenvalue weighted by atomic mass is 9.79. The van der Waals surface area contributed by atoms with E-state index >= 15 is 0 Å². The molecule has 1 aliphatic carbocycles. The van der Waals surface area contributed by atoms with E-state index in [0.29, 0.717) is 0 Å². The summed E-state index contributed by atoms with van der Waals surface area (Å²) in [5, 5.41) is 0. The van der Waals surface area contributed by atoms with Gasteiger partial charge in [-0.25, -0.2) is 0 Å². The highest BCUT2D eigenvalue weighted by atomic mass is 14.3. The predicted molar refractivity (Wildman–Crippen MR) is 82.1 cm³/mol. The third-order valence-corrected chi connectivity index (χ3v) is 3.71. The molecular formula is C19H19. The maximum absolute atomic E-state index is 2.27. The van der Waals surface area contributed by atoms with Gasteiger partial charge in [0.05, 0.1) is 5.92 Å². The van der Waals surface area contributed by atoms with Gasteiger partial charge in [0.1, 0.15) is 0 Å². The van der Waals surface area contributed by atoms with Gasteiger partial charge in [-0.15, -0.1) is 0 Å². The Morgan fingerprint density at radius 3 is 2.05 bits per heavy atom. The molecule has 0 spiro atoms. The van der Waals surface area contributed by atoms with Crippen LogP contribution in [0, 0.1) is 5.92 Å². The fraction of sp³-hybridized carbons (Fsp3) is 0.211. The molecule has 0 atom stereocenters. The molecular weight excluding hydrogens is 228 g/mol. The molecule has 1 radical (unpaired) electrons. The van der Waals surface area contributed by atoms with Gasteiger partial charge in [0.2, 0.25) is 0 Å². The van der Waals surface area contributed by atoms with E-state index in [2.05, 4.69) is 81.5 Å². The maximum Gasteiger partial charge on any atom is 0.0566 e. The molecule has 0 N–H and O–H groups in total. The van der Waals surface area contributed by atoms with Crippen LogP contribution in [0.1, 0.15) is 43.0 Å². The minimum absolute atomic E-state index is 0.162. The molecule has 3 rings (SSSR count). The summed E-state index contributed by atoms with van der Waals surface area (Å²) in [5.74, 6) is 1.35. The van der Waals surface area contributed by atoms with Crippen molar-refractivity contribution in [3.05, 3.63) is 82.8 Å². The smallest absolute Gasteiger partial charge is 0.0566 e. The van der Waals surface area contributed by atoms with Crippen molar-refractivity contribution in [2.75, 3.05) is 0 Å². The summed E-state index contributed by atoms with van der Waals surface area (Å²) < 4.78 is 0. The number of allylic oxidation sites excluding steroid dienone is 1. The van der Waals surface area contributed by atoms with E-state index in [4.69, 9.17) is 0 Å². The van der Waals surface area contributed by atoms with Gasteiger partial charge in [-0.3, -0.25) is 0 Å². The molecule has 1 aliphatic rings. The van der Waals surface area contributed by atoms with Crippen molar-refractivity contribution in [3.8, 4) is 0 Å². The Balaban J connectivity index is 2.13. The third kappa shape index (κ3) is 2.12. The van der Waals surface area contributed by atoms with E-state index in [1.54, 1.807) is 0 Å². The Labute approximate surface area is 115 Å². The number of benzene rings is 2. The van der Waals surface area contributed by atoms with Crippen LogP contribution in [0.4, 0.5) is 0 Å². The standard InChI is InChI=1S/C19H19/c1-19(2,3)18-11-7-6-10-17(18)16-13-12-14-8-4-5-9-15(14)16/h4-13H,1-3H3. The van der Waals surface area contributed by atoms with Crippen LogP contribution in [0.25, 0.3) is 6.08 Å². The fourth-order valence-electron chi connectivity index (χ4n) is 2.76. The van der Waals surface area contributed by atoms with Crippen molar-refractivity contribution >= 4 is 6.08 Å². The van der Waals surface area contributed by atoms with Gasteiger partial charge in [-0.2, -0.15) is 0 Å². The van der Waals surface area contributed by atoms with Crippen LogP contribution in [0.3, 0.4) is 0 Å². The van der Waals surface area contributed by atoms with Crippen molar-refractivity contribution in [3.63, 3.8) is 0 Å². The molecule has 2 aromatic rings. The summed E-state index contributed by atoms with van der Waals surface area (Å²) in [6.45, 7) is 6.82. The predicted octanol–water partition coefficient (Wildman–Crippen LogP) is 4.98. The monoisotopic (exact) mass is 247 g/mol. The second-order valence-electron chi connectivity index (χ2n) is 6.13. The summed E-state index contributed by atoms with van der Waals surface area (Å²) in [4.78, 5) is 0. The van der Waals surface area contributed by atoms with E-state index in [1.807, 2.05) is 0 Å². The average molecular weight is 247 g/mol. The second-order valence-corrected chi connectivity index (χ2v) is 6.13. The van der Waals surface area contributed by atoms with E-state index in [-0.39, 0.29) is 5.41 Å². The minimum Gasteiger partial charge on any atom is -0.0674 e. The number of hydrogen-bond acceptors (Lipinski definition) is 0. The van der Waals surface area contributed by atoms with Crippen LogP contribution >= 0.6 is 0 Å². The molecule has 0 bridgehead atoms. The molecule has 0 nitrogen and oxygen atoms in total. The minimum atomic E-state index is 0.162. The van der Waals surface area contributed by atoms with Crippen molar-refractivity contribution in [1.29, 1.82) is 0 Å². The van der Waals surface area contributed by atoms with Crippen molar-refractivity contribution in [2.24, 2.45) is 0 Å². The lowest BCUT2D eigenvalue weighted by Crippen LogP contribution is -2.15. The molecule has 2 aromatic carbocycles. The highest BCUT2D eigenvalue weighted by Crippen LogP contribution is 2.38. The van der Waals surface area contributed by atoms with E-state index in [9.17, 15) is 0 Å². The first-order valence-corrected chi connectivity index (χ1v) is 6.82. The molecule has 0 amide bonds. The Kier molecular flexibility index (Phi) is 2.82. The van der Waals surface area contributed by atoms with Crippen molar-refractivity contribution in [1.82, 2.24) is 0 Å². The molecule has 19 heavy (non-hydrogen) atoms. The normalized spacial score (nSPS) is 14.7. The quantitative estimate of drug-likeness (QED) is 0.666. The molecule has 95 valence electrons. The van der Waals surface area contributed by atoms with Crippen molar-refractivity contribution in [2.45, 2.75) is 26.2 Å². The summed E-state index contributed by atoms with van der Waals surface area (Å²) in [6, 6.07) is 17.4. The fourth-order valence-corrected chi connectivity index (χ4v) is 2.76. The first kappa shape index (κ1) is 12.2. The van der Waals surface area contributed by atoms with Gasteiger partial charge in [0.15, 0.2) is 0 Å². The summed E-state index contributed by atoms with van der Waals surface area (Å²) in [6.07, 6.45) is 4.46. The number of rotatable bonds is 1. The molecule has 0 fully saturated rings. The Morgan fingerprint density at radius 1 is 0.684 bits per heavy atom. The third-order valence-electron chi connectivity index (χ3n) is 3.71. The van der Waals surface area contributed by atoms with Crippen LogP contribution in [0.2, 0.25) is 0 Å². The molecule has 0 saturated carbocycles. The van der Waals surface area contributed by atoms with Gasteiger partial charge in [0.25, 0.3) is 0 Å². The van der Waals surface area contributed by atoms with Gasteiger partial charge in [-0.1, -0.05) is 81.5 Å². The largest absolute Gasteiger partial charge is 0.0674 e. The van der Waals surface area contributed by atoms with E-state index in [1.165, 1.54) is 28.2 Å². The lowest BCUT2D eigenvalue weighted by Gasteiger charge is -2.25. The highest BCUT2D eigenvalue weighted by Gasteiger charge is 2.25. The highest BCUT2D eigenvalue weighted by molar-refractivity contribution is 5.74. The lowest BCUT2D eigenvalue weighted by molar-refractivity contribution is 0.586. The molecule has 0 heteroatoms. The van der Waals surface area contributed by atoms with Crippen LogP contribution in [-0.4, -0.2) is 0 Å². The van der Waals surface area contributed by atoms with Gasteiger partial charge in [0, 0.05) is 0 Å². The van der Waals surface area contributed by atoms with Gasteiger partial charge in [-0.05, 0) is 27.7 Å². The Bertz CT molecular complexity index is 626. The van der Waals surface area contributed by atoms with E-state index in [0.717, 1.165) is 0 Å². The summed E-state index contributed by atoms with van der Waals surface area (Å²) in [5.41, 5.74) is 5.59. The van der Waals surface area contributed by atoms with Crippen LogP contribution in [-0.2, 0) is 5.41 Å². The molecule has 0 aliphatic heterocycles. The second kappa shape index (κ2) is 4.38. The van der Waals surface area contributed by atoms with Crippen molar-refractivity contribution < 1.29 is 0 Å². The first-order chi connectivity index (χ1) is 9.07. The van der Waals surface area contributed by atoms with Gasteiger partial charge >= 0.3 is 0 Å². The number of hydrogen-bond donors (Lipinski definition) is 0. The zero-order chi connectivity index (χ0) is 13.5. The average Bonchev–Trinajstić information content (AvgIpc) is 2.81. The summed E-state index contributed by atoms with van der Waals surface area (Å²) in [7, 11) is 0. The van der Waals surface area contributed by atoms with Crippen LogP contribution in [0.15, 0.2) is 54.6 Å². The Hall–Kier alpha value is -1.82. The molecule has 0 heterocycles. The number of fused-ring (bicyclic) bond motifs is 1. The zero-order valence-corrected chi connectivity index (χ0v) is 11.8. The molecule has 0 unspecified atom stereocenters. The topological polar surface area (TPSA) is 0 Å². The maximum atomic E-state index is 2.27. The SMILES string of the molecule is CC(C)(C)c1ccccc1[C]1C=Cc2ccccc21. The van der Waals surface area contributed by atoms with Crippen LogP contribution < -0.4 is 0 Å². The zero-order valence-electron chi connectivity index (χ0n) is 11.8. The van der Waals surface area contributed by atoms with Crippen LogP contribution in [0.5, 0.6) is 0 Å². The molecule has 0 aromatic heterocycles. The first-order valence-electron chi connectivity index (χ1n) is 6.82. The summed E-state index contributed by atoms with van der Waals surface area (Å²) >= 11 is 0. The Morgan fingerprint density at radius 2 is 1.32 bits per heavy atom. The van der Waals surface area contributed by atoms with E-state index < -0.39 is 0 Å². The molecule has 0 saturated heterocycles. The van der Waals surface area contributed by atoms with Gasteiger partial charge < -0.3 is 0 Å².